The molecule has 0 saturated heterocycles. The second-order valence-corrected chi connectivity index (χ2v) is 8.34. The zero-order valence-corrected chi connectivity index (χ0v) is 14.4. The van der Waals surface area contributed by atoms with Gasteiger partial charge in [0.1, 0.15) is 5.82 Å². The van der Waals surface area contributed by atoms with E-state index in [0.717, 1.165) is 12.2 Å². The Balaban J connectivity index is 2.06. The molecule has 0 radical (unpaired) electrons. The molecule has 7 nitrogen and oxygen atoms in total. The Morgan fingerprint density at radius 3 is 2.73 bits per heavy atom. The topological polar surface area (TPSA) is 86.0 Å². The Hall–Kier alpha value is -1.15. The van der Waals surface area contributed by atoms with E-state index in [2.05, 4.69) is 23.7 Å². The van der Waals surface area contributed by atoms with E-state index in [9.17, 15) is 13.2 Å². The van der Waals surface area contributed by atoms with E-state index in [1.54, 1.807) is 16.2 Å². The summed E-state index contributed by atoms with van der Waals surface area (Å²) in [4.78, 5) is 12.4. The SMILES string of the molecule is CCS(=O)(=O)NC1CCc2nn(CCC(C)C)c(=O)n2CC1. The van der Waals surface area contributed by atoms with Crippen LogP contribution in [0.15, 0.2) is 4.79 Å². The third-order valence-electron chi connectivity index (χ3n) is 4.06. The maximum atomic E-state index is 12.4. The molecule has 2 heterocycles. The fraction of sp³-hybridized carbons (Fsp3) is 0.857. The molecule has 22 heavy (non-hydrogen) atoms. The van der Waals surface area contributed by atoms with Crippen LogP contribution in [0.25, 0.3) is 0 Å². The smallest absolute Gasteiger partial charge is 0.279 e. The predicted molar refractivity (Wildman–Crippen MR) is 85.3 cm³/mol. The Morgan fingerprint density at radius 2 is 2.09 bits per heavy atom. The predicted octanol–water partition coefficient (Wildman–Crippen LogP) is 0.735. The average Bonchev–Trinajstić information content (AvgIpc) is 2.62. The first-order valence-corrected chi connectivity index (χ1v) is 9.64. The lowest BCUT2D eigenvalue weighted by Crippen LogP contribution is -2.36. The zero-order chi connectivity index (χ0) is 16.3. The molecule has 0 fully saturated rings. The molecule has 1 unspecified atom stereocenters. The van der Waals surface area contributed by atoms with Gasteiger partial charge in [-0.1, -0.05) is 13.8 Å². The number of sulfonamides is 1. The third-order valence-corrected chi connectivity index (χ3v) is 5.51. The quantitative estimate of drug-likeness (QED) is 0.833. The largest absolute Gasteiger partial charge is 0.345 e. The minimum atomic E-state index is -3.21. The molecule has 0 spiro atoms. The van der Waals surface area contributed by atoms with E-state index in [1.165, 1.54) is 0 Å². The molecule has 0 aliphatic carbocycles. The van der Waals surface area contributed by atoms with Gasteiger partial charge in [0.05, 0.1) is 5.75 Å². The molecule has 1 aromatic heterocycles. The van der Waals surface area contributed by atoms with Crippen LogP contribution in [0.4, 0.5) is 0 Å². The normalized spacial score (nSPS) is 19.2. The number of aryl methyl sites for hydroxylation is 2. The Bertz CT molecular complexity index is 660. The van der Waals surface area contributed by atoms with Gasteiger partial charge in [0.15, 0.2) is 0 Å². The fourth-order valence-corrected chi connectivity index (χ4v) is 3.52. The third kappa shape index (κ3) is 4.19. The van der Waals surface area contributed by atoms with E-state index < -0.39 is 10.0 Å². The summed E-state index contributed by atoms with van der Waals surface area (Å²) in [6.07, 6.45) is 2.86. The minimum absolute atomic E-state index is 0.0744. The van der Waals surface area contributed by atoms with Crippen molar-refractivity contribution in [1.82, 2.24) is 19.1 Å². The molecule has 1 aliphatic rings. The van der Waals surface area contributed by atoms with Gasteiger partial charge in [-0.3, -0.25) is 4.57 Å². The van der Waals surface area contributed by atoms with Crippen LogP contribution >= 0.6 is 0 Å². The summed E-state index contributed by atoms with van der Waals surface area (Å²) in [7, 11) is -3.21. The maximum absolute atomic E-state index is 12.4. The average molecular weight is 330 g/mol. The van der Waals surface area contributed by atoms with Gasteiger partial charge in [-0.15, -0.1) is 0 Å². The number of hydrogen-bond donors (Lipinski definition) is 1. The Labute approximate surface area is 131 Å². The molecule has 0 saturated carbocycles. The Morgan fingerprint density at radius 1 is 1.36 bits per heavy atom. The molecule has 0 aromatic carbocycles. The molecular weight excluding hydrogens is 304 g/mol. The van der Waals surface area contributed by atoms with Gasteiger partial charge < -0.3 is 0 Å². The maximum Gasteiger partial charge on any atom is 0.345 e. The van der Waals surface area contributed by atoms with Gasteiger partial charge in [0, 0.05) is 25.6 Å². The van der Waals surface area contributed by atoms with Crippen LogP contribution in [0.3, 0.4) is 0 Å². The molecule has 8 heteroatoms. The van der Waals surface area contributed by atoms with E-state index in [0.29, 0.717) is 38.3 Å². The summed E-state index contributed by atoms with van der Waals surface area (Å²) in [5.74, 6) is 1.38. The van der Waals surface area contributed by atoms with Gasteiger partial charge in [-0.2, -0.15) is 5.10 Å². The summed E-state index contributed by atoms with van der Waals surface area (Å²) in [5.41, 5.74) is -0.0744. The van der Waals surface area contributed by atoms with Crippen LogP contribution in [0.2, 0.25) is 0 Å². The second-order valence-electron chi connectivity index (χ2n) is 6.30. The standard InChI is InChI=1S/C14H26N4O3S/c1-4-22(20,21)16-12-5-6-13-15-18(10-7-11(2)3)14(19)17(13)9-8-12/h11-12,16H,4-10H2,1-3H3. The second kappa shape index (κ2) is 6.95. The number of nitrogens with one attached hydrogen (secondary N) is 1. The van der Waals surface area contributed by atoms with E-state index in [4.69, 9.17) is 0 Å². The summed E-state index contributed by atoms with van der Waals surface area (Å²) in [6, 6.07) is -0.116. The van der Waals surface area contributed by atoms with Crippen molar-refractivity contribution in [3.05, 3.63) is 16.3 Å². The molecule has 1 N–H and O–H groups in total. The van der Waals surface area contributed by atoms with Crippen LogP contribution < -0.4 is 10.4 Å². The highest BCUT2D eigenvalue weighted by Gasteiger charge is 2.23. The molecule has 1 aromatic rings. The van der Waals surface area contributed by atoms with E-state index >= 15 is 0 Å². The van der Waals surface area contributed by atoms with Crippen LogP contribution in [0.1, 0.15) is 45.9 Å². The van der Waals surface area contributed by atoms with Gasteiger partial charge in [-0.05, 0) is 32.1 Å². The molecule has 2 rings (SSSR count). The van der Waals surface area contributed by atoms with E-state index in [-0.39, 0.29) is 17.5 Å². The first-order valence-electron chi connectivity index (χ1n) is 7.99. The molecule has 126 valence electrons. The van der Waals surface area contributed by atoms with Crippen molar-refractivity contribution in [3.63, 3.8) is 0 Å². The Kier molecular flexibility index (Phi) is 5.44. The van der Waals surface area contributed by atoms with Crippen molar-refractivity contribution in [2.75, 3.05) is 5.75 Å². The highest BCUT2D eigenvalue weighted by molar-refractivity contribution is 7.89. The van der Waals surface area contributed by atoms with Crippen molar-refractivity contribution in [1.29, 1.82) is 0 Å². The van der Waals surface area contributed by atoms with Gasteiger partial charge in [0.25, 0.3) is 0 Å². The van der Waals surface area contributed by atoms with Gasteiger partial charge in [0.2, 0.25) is 10.0 Å². The molecule has 0 bridgehead atoms. The number of hydrogen-bond acceptors (Lipinski definition) is 4. The monoisotopic (exact) mass is 330 g/mol. The van der Waals surface area contributed by atoms with Gasteiger partial charge >= 0.3 is 5.69 Å². The summed E-state index contributed by atoms with van der Waals surface area (Å²) < 4.78 is 29.3. The fourth-order valence-electron chi connectivity index (χ4n) is 2.61. The van der Waals surface area contributed by atoms with Crippen molar-refractivity contribution in [2.45, 2.75) is 65.6 Å². The number of aromatic nitrogens is 3. The van der Waals surface area contributed by atoms with E-state index in [1.807, 2.05) is 0 Å². The lowest BCUT2D eigenvalue weighted by molar-refractivity contribution is 0.458. The van der Waals surface area contributed by atoms with Crippen molar-refractivity contribution < 1.29 is 8.42 Å². The number of fused-ring (bicyclic) bond motifs is 1. The molecule has 1 atom stereocenters. The summed E-state index contributed by atoms with van der Waals surface area (Å²) in [6.45, 7) is 7.03. The van der Waals surface area contributed by atoms with Crippen LogP contribution in [0.5, 0.6) is 0 Å². The van der Waals surface area contributed by atoms with Gasteiger partial charge in [-0.25, -0.2) is 22.6 Å². The van der Waals surface area contributed by atoms with Crippen LogP contribution in [-0.4, -0.2) is 34.6 Å². The van der Waals surface area contributed by atoms with Crippen LogP contribution in [-0.2, 0) is 29.5 Å². The highest BCUT2D eigenvalue weighted by Crippen LogP contribution is 2.13. The highest BCUT2D eigenvalue weighted by atomic mass is 32.2. The lowest BCUT2D eigenvalue weighted by atomic mass is 10.1. The lowest BCUT2D eigenvalue weighted by Gasteiger charge is -2.15. The first kappa shape index (κ1) is 17.2. The number of rotatable bonds is 6. The van der Waals surface area contributed by atoms with Crippen molar-refractivity contribution in [3.8, 4) is 0 Å². The summed E-state index contributed by atoms with van der Waals surface area (Å²) >= 11 is 0. The molecule has 0 amide bonds. The molecule has 1 aliphatic heterocycles. The first-order chi connectivity index (χ1) is 10.3. The minimum Gasteiger partial charge on any atom is -0.279 e. The summed E-state index contributed by atoms with van der Waals surface area (Å²) in [5, 5.41) is 4.42. The number of nitrogens with zero attached hydrogens (tertiary/aromatic N) is 3. The van der Waals surface area contributed by atoms with Crippen molar-refractivity contribution in [2.24, 2.45) is 5.92 Å². The van der Waals surface area contributed by atoms with Crippen LogP contribution in [0, 0.1) is 5.92 Å². The van der Waals surface area contributed by atoms with Crippen molar-refractivity contribution >= 4 is 10.0 Å². The molecular formula is C14H26N4O3S. The zero-order valence-electron chi connectivity index (χ0n) is 13.6.